The zero-order chi connectivity index (χ0) is 20.1. The number of likely N-dealkylation sites (N-methyl/N-ethyl adjacent to an activating group) is 1. The molecule has 1 aliphatic rings. The molecule has 0 spiro atoms. The number of morpholine rings is 1. The highest BCUT2D eigenvalue weighted by molar-refractivity contribution is 6.08. The average Bonchev–Trinajstić information content (AvgIpc) is 2.74. The second-order valence-electron chi connectivity index (χ2n) is 7.61. The van der Waals surface area contributed by atoms with Crippen molar-refractivity contribution >= 4 is 17.3 Å². The van der Waals surface area contributed by atoms with Crippen LogP contribution in [-0.2, 0) is 4.74 Å². The third kappa shape index (κ3) is 4.32. The van der Waals surface area contributed by atoms with E-state index in [4.69, 9.17) is 4.74 Å². The van der Waals surface area contributed by atoms with Gasteiger partial charge in [-0.25, -0.2) is 0 Å². The molecule has 1 atom stereocenters. The number of carbonyl (C=O) groups is 2. The van der Waals surface area contributed by atoms with E-state index >= 15 is 0 Å². The van der Waals surface area contributed by atoms with Gasteiger partial charge in [0.1, 0.15) is 0 Å². The molecule has 5 nitrogen and oxygen atoms in total. The molecule has 1 heterocycles. The zero-order valence-electron chi connectivity index (χ0n) is 16.9. The number of ketones is 2. The lowest BCUT2D eigenvalue weighted by molar-refractivity contribution is 0.0649. The predicted molar refractivity (Wildman–Crippen MR) is 111 cm³/mol. The van der Waals surface area contributed by atoms with Crippen molar-refractivity contribution in [3.63, 3.8) is 0 Å². The molecule has 0 aromatic heterocycles. The Labute approximate surface area is 166 Å². The lowest BCUT2D eigenvalue weighted by Gasteiger charge is -2.34. The molecule has 0 saturated carbocycles. The van der Waals surface area contributed by atoms with Crippen LogP contribution in [0.2, 0.25) is 0 Å². The van der Waals surface area contributed by atoms with E-state index in [9.17, 15) is 9.59 Å². The maximum Gasteiger partial charge on any atom is 0.183 e. The van der Waals surface area contributed by atoms with Crippen molar-refractivity contribution in [2.45, 2.75) is 18.9 Å². The van der Waals surface area contributed by atoms with Gasteiger partial charge in [0.2, 0.25) is 0 Å². The molecule has 148 valence electrons. The highest BCUT2D eigenvalue weighted by Gasteiger charge is 2.38. The number of ether oxygens (including phenoxy) is 1. The van der Waals surface area contributed by atoms with Crippen LogP contribution >= 0.6 is 0 Å². The van der Waals surface area contributed by atoms with Crippen molar-refractivity contribution in [2.24, 2.45) is 0 Å². The van der Waals surface area contributed by atoms with Gasteiger partial charge >= 0.3 is 0 Å². The summed E-state index contributed by atoms with van der Waals surface area (Å²) in [5, 5.41) is 0. The lowest BCUT2D eigenvalue weighted by atomic mass is 9.84. The number of rotatable bonds is 7. The van der Waals surface area contributed by atoms with Crippen molar-refractivity contribution in [1.82, 2.24) is 4.90 Å². The number of carbonyl (C=O) groups excluding carboxylic acids is 2. The maximum absolute atomic E-state index is 13.1. The molecule has 1 unspecified atom stereocenters. The summed E-state index contributed by atoms with van der Waals surface area (Å²) in [5.41, 5.74) is 1.44. The Bertz CT molecular complexity index is 812. The molecular weight excluding hydrogens is 352 g/mol. The fourth-order valence-corrected chi connectivity index (χ4v) is 3.44. The Hall–Kier alpha value is -2.50. The van der Waals surface area contributed by atoms with Crippen LogP contribution in [-0.4, -0.2) is 62.4 Å². The summed E-state index contributed by atoms with van der Waals surface area (Å²) in [4.78, 5) is 30.2. The van der Waals surface area contributed by atoms with Gasteiger partial charge in [-0.2, -0.15) is 0 Å². The summed E-state index contributed by atoms with van der Waals surface area (Å²) < 4.78 is 5.39. The molecule has 2 aromatic carbocycles. The number of hydrogen-bond acceptors (Lipinski definition) is 5. The van der Waals surface area contributed by atoms with E-state index < -0.39 is 5.54 Å². The van der Waals surface area contributed by atoms with Gasteiger partial charge in [0, 0.05) is 36.3 Å². The number of Topliss-reactive ketones (excluding diaryl/α,β-unsaturated/α-hetero) is 2. The molecule has 1 saturated heterocycles. The normalized spacial score (nSPS) is 16.6. The Morgan fingerprint density at radius 2 is 1.57 bits per heavy atom. The molecule has 1 fully saturated rings. The Kier molecular flexibility index (Phi) is 6.27. The minimum atomic E-state index is -0.901. The van der Waals surface area contributed by atoms with Crippen molar-refractivity contribution in [2.75, 3.05) is 45.3 Å². The van der Waals surface area contributed by atoms with Crippen molar-refractivity contribution in [3.05, 3.63) is 65.7 Å². The molecule has 1 aliphatic heterocycles. The van der Waals surface area contributed by atoms with E-state index in [2.05, 4.69) is 4.90 Å². The van der Waals surface area contributed by atoms with E-state index in [0.717, 1.165) is 32.0 Å². The van der Waals surface area contributed by atoms with Gasteiger partial charge in [0.15, 0.2) is 11.6 Å². The Balaban J connectivity index is 1.76. The van der Waals surface area contributed by atoms with Gasteiger partial charge in [0.25, 0.3) is 0 Å². The third-order valence-corrected chi connectivity index (χ3v) is 5.58. The quantitative estimate of drug-likeness (QED) is 0.690. The molecule has 3 rings (SSSR count). The second kappa shape index (κ2) is 8.67. The lowest BCUT2D eigenvalue weighted by Crippen LogP contribution is -2.50. The largest absolute Gasteiger partial charge is 0.378 e. The maximum atomic E-state index is 13.1. The zero-order valence-corrected chi connectivity index (χ0v) is 16.9. The molecule has 0 radical (unpaired) electrons. The van der Waals surface area contributed by atoms with Crippen LogP contribution in [0.25, 0.3) is 0 Å². The summed E-state index contributed by atoms with van der Waals surface area (Å²) in [6, 6.07) is 16.8. The molecule has 0 amide bonds. The topological polar surface area (TPSA) is 49.9 Å². The van der Waals surface area contributed by atoms with Gasteiger partial charge in [-0.1, -0.05) is 30.3 Å². The highest BCUT2D eigenvalue weighted by atomic mass is 16.5. The van der Waals surface area contributed by atoms with Gasteiger partial charge in [-0.05, 0) is 45.3 Å². The molecule has 0 N–H and O–H groups in total. The first kappa shape index (κ1) is 20.2. The summed E-state index contributed by atoms with van der Waals surface area (Å²) in [6.45, 7) is 5.00. The van der Waals surface area contributed by atoms with Crippen LogP contribution in [0, 0.1) is 0 Å². The molecule has 5 heteroatoms. The molecular formula is C23H28N2O3. The van der Waals surface area contributed by atoms with E-state index in [0.29, 0.717) is 11.1 Å². The molecule has 2 aromatic rings. The molecule has 28 heavy (non-hydrogen) atoms. The smallest absolute Gasteiger partial charge is 0.183 e. The molecule has 0 aliphatic carbocycles. The van der Waals surface area contributed by atoms with Gasteiger partial charge < -0.3 is 9.64 Å². The first-order chi connectivity index (χ1) is 13.4. The number of benzene rings is 2. The number of anilines is 1. The monoisotopic (exact) mass is 380 g/mol. The van der Waals surface area contributed by atoms with Crippen LogP contribution in [0.3, 0.4) is 0 Å². The van der Waals surface area contributed by atoms with Gasteiger partial charge in [-0.15, -0.1) is 0 Å². The Morgan fingerprint density at radius 1 is 0.964 bits per heavy atom. The minimum absolute atomic E-state index is 0.0333. The summed E-state index contributed by atoms with van der Waals surface area (Å²) in [7, 11) is 3.69. The molecule has 0 bridgehead atoms. The predicted octanol–water partition coefficient (Wildman–Crippen LogP) is 3.30. The van der Waals surface area contributed by atoms with Crippen LogP contribution in [0.15, 0.2) is 54.6 Å². The second-order valence-corrected chi connectivity index (χ2v) is 7.61. The summed E-state index contributed by atoms with van der Waals surface area (Å²) in [6.07, 6.45) is 0.130. The number of nitrogens with zero attached hydrogens (tertiary/aromatic N) is 2. The first-order valence-corrected chi connectivity index (χ1v) is 9.65. The highest BCUT2D eigenvalue weighted by Crippen LogP contribution is 2.26. The van der Waals surface area contributed by atoms with Crippen LogP contribution in [0.5, 0.6) is 0 Å². The van der Waals surface area contributed by atoms with Crippen molar-refractivity contribution < 1.29 is 14.3 Å². The van der Waals surface area contributed by atoms with Crippen LogP contribution in [0.1, 0.15) is 34.1 Å². The number of hydrogen-bond donors (Lipinski definition) is 0. The average molecular weight is 380 g/mol. The standard InChI is InChI=1S/C23H28N2O3/c1-23(24(2)3,22(27)19-7-5-4-6-8-19)17-21(26)18-9-11-20(12-10-18)25-13-15-28-16-14-25/h4-12H,13-17H2,1-3H3. The van der Waals surface area contributed by atoms with Crippen molar-refractivity contribution in [1.29, 1.82) is 0 Å². The fourth-order valence-electron chi connectivity index (χ4n) is 3.44. The van der Waals surface area contributed by atoms with E-state index in [1.54, 1.807) is 12.1 Å². The van der Waals surface area contributed by atoms with Crippen LogP contribution < -0.4 is 4.90 Å². The van der Waals surface area contributed by atoms with E-state index in [1.807, 2.05) is 68.4 Å². The summed E-state index contributed by atoms with van der Waals surface area (Å²) >= 11 is 0. The fraction of sp³-hybridized carbons (Fsp3) is 0.391. The van der Waals surface area contributed by atoms with Crippen LogP contribution in [0.4, 0.5) is 5.69 Å². The minimum Gasteiger partial charge on any atom is -0.378 e. The first-order valence-electron chi connectivity index (χ1n) is 9.65. The van der Waals surface area contributed by atoms with Gasteiger partial charge in [-0.3, -0.25) is 14.5 Å². The van der Waals surface area contributed by atoms with Gasteiger partial charge in [0.05, 0.1) is 18.8 Å². The summed E-state index contributed by atoms with van der Waals surface area (Å²) in [5.74, 6) is -0.0783. The third-order valence-electron chi connectivity index (χ3n) is 5.58. The van der Waals surface area contributed by atoms with Crippen molar-refractivity contribution in [3.8, 4) is 0 Å². The Morgan fingerprint density at radius 3 is 2.14 bits per heavy atom. The van der Waals surface area contributed by atoms with E-state index in [-0.39, 0.29) is 18.0 Å². The van der Waals surface area contributed by atoms with E-state index in [1.165, 1.54) is 0 Å². The SMILES string of the molecule is CN(C)C(C)(CC(=O)c1ccc(N2CCOCC2)cc1)C(=O)c1ccccc1.